The Kier molecular flexibility index (Phi) is 13.9. The second-order valence-corrected chi connectivity index (χ2v) is 13.3. The maximum absolute atomic E-state index is 13.1. The van der Waals surface area contributed by atoms with E-state index in [9.17, 15) is 23.3 Å². The normalized spacial score (nSPS) is 11.7. The maximum Gasteiger partial charge on any atom is 0.293 e. The minimum absolute atomic E-state index is 0.00868. The van der Waals surface area contributed by atoms with E-state index in [4.69, 9.17) is 0 Å². The molecule has 244 valence electrons. The second kappa shape index (κ2) is 17.6. The molecule has 3 rings (SSSR count). The number of amides is 1. The summed E-state index contributed by atoms with van der Waals surface area (Å²) in [5.41, 5.74) is 1.97. The van der Waals surface area contributed by atoms with Gasteiger partial charge in [-0.2, -0.15) is 0 Å². The first-order chi connectivity index (χ1) is 21.5. The van der Waals surface area contributed by atoms with Crippen molar-refractivity contribution in [3.8, 4) is 0 Å². The van der Waals surface area contributed by atoms with Gasteiger partial charge in [0.25, 0.3) is 5.69 Å². The van der Waals surface area contributed by atoms with Crippen LogP contribution in [0.15, 0.2) is 83.8 Å². The monoisotopic (exact) mass is 638 g/mol. The first kappa shape index (κ1) is 35.6. The SMILES string of the molecule is CN(C)CCCN(CCCN(C)C)C(=O)CCNS(=O)(=O)c1ccc(NCC(c2ccccc2)c2ccccc2)c([N+](=O)[O-])c1. The van der Waals surface area contributed by atoms with Gasteiger partial charge in [0, 0.05) is 44.6 Å². The highest BCUT2D eigenvalue weighted by molar-refractivity contribution is 7.89. The number of nitrogens with zero attached hydrogens (tertiary/aromatic N) is 4. The summed E-state index contributed by atoms with van der Waals surface area (Å²) in [6.45, 7) is 3.11. The summed E-state index contributed by atoms with van der Waals surface area (Å²) in [5.74, 6) is -0.216. The molecule has 0 atom stereocenters. The molecule has 0 aromatic heterocycles. The van der Waals surface area contributed by atoms with Crippen molar-refractivity contribution < 1.29 is 18.1 Å². The Balaban J connectivity index is 1.68. The van der Waals surface area contributed by atoms with Crippen LogP contribution < -0.4 is 10.0 Å². The Hall–Kier alpha value is -3.84. The van der Waals surface area contributed by atoms with Gasteiger partial charge >= 0.3 is 0 Å². The molecular formula is C33H46N6O5S. The fourth-order valence-electron chi connectivity index (χ4n) is 5.04. The van der Waals surface area contributed by atoms with E-state index >= 15 is 0 Å². The molecule has 0 aliphatic heterocycles. The van der Waals surface area contributed by atoms with Crippen LogP contribution in [-0.4, -0.2) is 101 Å². The predicted octanol–water partition coefficient (Wildman–Crippen LogP) is 4.24. The van der Waals surface area contributed by atoms with Gasteiger partial charge in [0.1, 0.15) is 5.69 Å². The first-order valence-electron chi connectivity index (χ1n) is 15.2. The minimum Gasteiger partial charge on any atom is -0.379 e. The van der Waals surface area contributed by atoms with Gasteiger partial charge in [-0.3, -0.25) is 14.9 Å². The summed E-state index contributed by atoms with van der Waals surface area (Å²) >= 11 is 0. The van der Waals surface area contributed by atoms with E-state index in [2.05, 4.69) is 19.8 Å². The van der Waals surface area contributed by atoms with Crippen molar-refractivity contribution >= 4 is 27.3 Å². The molecule has 3 aromatic rings. The number of nitro groups is 1. The van der Waals surface area contributed by atoms with E-state index < -0.39 is 14.9 Å². The summed E-state index contributed by atoms with van der Waals surface area (Å²) < 4.78 is 28.7. The number of rotatable bonds is 19. The third-order valence-corrected chi connectivity index (χ3v) is 8.89. The van der Waals surface area contributed by atoms with Gasteiger partial charge in [-0.1, -0.05) is 60.7 Å². The maximum atomic E-state index is 13.1. The number of benzene rings is 3. The molecular weight excluding hydrogens is 592 g/mol. The Bertz CT molecular complexity index is 1420. The fourth-order valence-corrected chi connectivity index (χ4v) is 6.09. The van der Waals surface area contributed by atoms with Crippen molar-refractivity contribution in [3.05, 3.63) is 100 Å². The third kappa shape index (κ3) is 11.5. The molecule has 11 nitrogen and oxygen atoms in total. The standard InChI is InChI=1S/C33H46N6O5S/c1-36(2)21-11-23-38(24-12-22-37(3)4)33(40)19-20-35-45(43,44)29-17-18-31(32(25-29)39(41)42)34-26-30(27-13-7-5-8-14-27)28-15-9-6-10-16-28/h5-10,13-18,25,30,34-35H,11-12,19-24,26H2,1-4H3. The van der Waals surface area contributed by atoms with Crippen LogP contribution in [0.25, 0.3) is 0 Å². The number of nitro benzene ring substituents is 1. The minimum atomic E-state index is -4.09. The molecule has 0 aliphatic rings. The van der Waals surface area contributed by atoms with Crippen LogP contribution >= 0.6 is 0 Å². The summed E-state index contributed by atoms with van der Waals surface area (Å²) in [4.78, 5) is 30.1. The van der Waals surface area contributed by atoms with E-state index in [1.165, 1.54) is 12.1 Å². The van der Waals surface area contributed by atoms with Crippen LogP contribution in [0.3, 0.4) is 0 Å². The zero-order chi connectivity index (χ0) is 32.8. The van der Waals surface area contributed by atoms with Crippen molar-refractivity contribution in [1.29, 1.82) is 0 Å². The zero-order valence-electron chi connectivity index (χ0n) is 26.7. The molecule has 2 N–H and O–H groups in total. The van der Waals surface area contributed by atoms with E-state index in [1.807, 2.05) is 88.9 Å². The number of hydrogen-bond donors (Lipinski definition) is 2. The Morgan fingerprint density at radius 1 is 0.822 bits per heavy atom. The number of carbonyl (C=O) groups is 1. The number of hydrogen-bond acceptors (Lipinski definition) is 8. The van der Waals surface area contributed by atoms with Gasteiger partial charge in [0.05, 0.1) is 9.82 Å². The van der Waals surface area contributed by atoms with E-state index in [0.29, 0.717) is 19.6 Å². The molecule has 45 heavy (non-hydrogen) atoms. The van der Waals surface area contributed by atoms with Crippen molar-refractivity contribution in [2.75, 3.05) is 72.8 Å². The van der Waals surface area contributed by atoms with Crippen molar-refractivity contribution in [3.63, 3.8) is 0 Å². The van der Waals surface area contributed by atoms with Gasteiger partial charge in [0.2, 0.25) is 15.9 Å². The molecule has 3 aromatic carbocycles. The highest BCUT2D eigenvalue weighted by Gasteiger charge is 2.23. The van der Waals surface area contributed by atoms with Crippen LogP contribution in [0.5, 0.6) is 0 Å². The molecule has 0 radical (unpaired) electrons. The fraction of sp³-hybridized carbons (Fsp3) is 0.424. The highest BCUT2D eigenvalue weighted by Crippen LogP contribution is 2.30. The van der Waals surface area contributed by atoms with Gasteiger partial charge in [-0.25, -0.2) is 13.1 Å². The molecule has 0 fully saturated rings. The lowest BCUT2D eigenvalue weighted by atomic mass is 9.91. The second-order valence-electron chi connectivity index (χ2n) is 11.5. The van der Waals surface area contributed by atoms with Gasteiger partial charge in [-0.05, 0) is 77.4 Å². The molecule has 12 heteroatoms. The average Bonchev–Trinajstić information content (AvgIpc) is 3.01. The number of anilines is 1. The van der Waals surface area contributed by atoms with E-state index in [1.54, 1.807) is 4.90 Å². The van der Waals surface area contributed by atoms with E-state index in [0.717, 1.165) is 43.1 Å². The number of sulfonamides is 1. The van der Waals surface area contributed by atoms with Gasteiger partial charge < -0.3 is 20.0 Å². The lowest BCUT2D eigenvalue weighted by Gasteiger charge is -2.24. The van der Waals surface area contributed by atoms with Crippen LogP contribution in [0.1, 0.15) is 36.3 Å². The first-order valence-corrected chi connectivity index (χ1v) is 16.7. The largest absolute Gasteiger partial charge is 0.379 e. The van der Waals surface area contributed by atoms with Crippen LogP contribution in [0, 0.1) is 10.1 Å². The Morgan fingerprint density at radius 3 is 1.84 bits per heavy atom. The summed E-state index contributed by atoms with van der Waals surface area (Å²) in [6.07, 6.45) is 1.62. The summed E-state index contributed by atoms with van der Waals surface area (Å²) in [6, 6.07) is 23.5. The molecule has 0 saturated carbocycles. The number of nitrogens with one attached hydrogen (secondary N) is 2. The van der Waals surface area contributed by atoms with Crippen LogP contribution in [0.4, 0.5) is 11.4 Å². The summed E-state index contributed by atoms with van der Waals surface area (Å²) in [7, 11) is 3.82. The van der Waals surface area contributed by atoms with Crippen LogP contribution in [0.2, 0.25) is 0 Å². The van der Waals surface area contributed by atoms with Crippen molar-refractivity contribution in [1.82, 2.24) is 19.4 Å². The average molecular weight is 639 g/mol. The molecule has 0 spiro atoms. The van der Waals surface area contributed by atoms with Crippen molar-refractivity contribution in [2.45, 2.75) is 30.1 Å². The van der Waals surface area contributed by atoms with Crippen LogP contribution in [-0.2, 0) is 14.8 Å². The molecule has 0 aliphatic carbocycles. The lowest BCUT2D eigenvalue weighted by molar-refractivity contribution is -0.384. The molecule has 0 saturated heterocycles. The predicted molar refractivity (Wildman–Crippen MR) is 179 cm³/mol. The number of carbonyl (C=O) groups excluding carboxylic acids is 1. The lowest BCUT2D eigenvalue weighted by Crippen LogP contribution is -2.37. The van der Waals surface area contributed by atoms with E-state index in [-0.39, 0.29) is 41.1 Å². The molecule has 0 bridgehead atoms. The van der Waals surface area contributed by atoms with Crippen molar-refractivity contribution in [2.24, 2.45) is 0 Å². The summed E-state index contributed by atoms with van der Waals surface area (Å²) in [5, 5.41) is 15.2. The topological polar surface area (TPSA) is 128 Å². The molecule has 0 unspecified atom stereocenters. The Labute approximate surface area is 267 Å². The smallest absolute Gasteiger partial charge is 0.293 e. The van der Waals surface area contributed by atoms with Gasteiger partial charge in [0.15, 0.2) is 0 Å². The Morgan fingerprint density at radius 2 is 1.36 bits per heavy atom. The quantitative estimate of drug-likeness (QED) is 0.148. The highest BCUT2D eigenvalue weighted by atomic mass is 32.2. The zero-order valence-corrected chi connectivity index (χ0v) is 27.5. The third-order valence-electron chi connectivity index (χ3n) is 7.43. The molecule has 1 amide bonds. The van der Waals surface area contributed by atoms with Gasteiger partial charge in [-0.15, -0.1) is 0 Å². The molecule has 0 heterocycles.